The van der Waals surface area contributed by atoms with Gasteiger partial charge in [-0.25, -0.2) is 9.78 Å². The highest BCUT2D eigenvalue weighted by atomic mass is 35.5. The van der Waals surface area contributed by atoms with Gasteiger partial charge >= 0.3 is 12.3 Å². The van der Waals surface area contributed by atoms with Crippen LogP contribution in [0, 0.1) is 17.2 Å². The second kappa shape index (κ2) is 11.5. The molecule has 2 aromatic rings. The Kier molecular flexibility index (Phi) is 8.49. The number of hydrogen-bond donors (Lipinski definition) is 0. The smallest absolute Gasteiger partial charge is 0.427 e. The van der Waals surface area contributed by atoms with E-state index in [0.29, 0.717) is 43.1 Å². The molecule has 2 aliphatic heterocycles. The molecule has 2 aliphatic rings. The molecule has 0 aliphatic carbocycles. The monoisotopic (exact) mass is 577 g/mol. The third-order valence-corrected chi connectivity index (χ3v) is 8.01. The Labute approximate surface area is 236 Å². The normalized spacial score (nSPS) is 20.2. The molecule has 2 atom stereocenters. The number of benzene rings is 1. The number of nitrogens with zero attached hydrogens (tertiary/aromatic N) is 5. The van der Waals surface area contributed by atoms with E-state index in [1.807, 2.05) is 6.07 Å². The minimum atomic E-state index is -4.74. The van der Waals surface area contributed by atoms with Gasteiger partial charge in [-0.05, 0) is 56.5 Å². The Morgan fingerprint density at radius 3 is 2.30 bits per heavy atom. The molecule has 0 spiro atoms. The summed E-state index contributed by atoms with van der Waals surface area (Å²) in [5.41, 5.74) is -1.37. The van der Waals surface area contributed by atoms with Gasteiger partial charge in [-0.15, -0.1) is 0 Å². The van der Waals surface area contributed by atoms with Crippen LogP contribution < -0.4 is 4.90 Å². The van der Waals surface area contributed by atoms with Crippen molar-refractivity contribution in [1.82, 2.24) is 14.8 Å². The van der Waals surface area contributed by atoms with Gasteiger partial charge in [0.1, 0.15) is 11.9 Å². The van der Waals surface area contributed by atoms with Crippen molar-refractivity contribution in [3.8, 4) is 6.07 Å². The Bertz CT molecular complexity index is 1260. The molecule has 0 bridgehead atoms. The van der Waals surface area contributed by atoms with Crippen LogP contribution in [0.3, 0.4) is 0 Å². The molecule has 214 valence electrons. The molecule has 3 heterocycles. The summed E-state index contributed by atoms with van der Waals surface area (Å²) in [6.45, 7) is 3.32. The summed E-state index contributed by atoms with van der Waals surface area (Å²) >= 11 is 6.06. The standard InChI is InChI=1S/C28H31ClF3N5O3/c1-27(2,28(30,31)32)40-26(39)35(3)23-17-37(16-22(23)19-5-7-21(29)8-6-19)25(38)20-10-12-36(13-11-20)24-9-4-18(14-33)15-34-24/h4-9,15,20,22-23H,10-13,16-17H2,1-3H3/t22-,23+/m0/s1. The van der Waals surface area contributed by atoms with Crippen molar-refractivity contribution >= 4 is 29.4 Å². The van der Waals surface area contributed by atoms with E-state index in [-0.39, 0.29) is 24.3 Å². The number of aromatic nitrogens is 1. The van der Waals surface area contributed by atoms with E-state index in [0.717, 1.165) is 25.2 Å². The van der Waals surface area contributed by atoms with Gasteiger partial charge in [-0.2, -0.15) is 18.4 Å². The van der Waals surface area contributed by atoms with E-state index in [1.54, 1.807) is 41.3 Å². The molecule has 2 amide bonds. The summed E-state index contributed by atoms with van der Waals surface area (Å²) in [5.74, 6) is 0.124. The predicted molar refractivity (Wildman–Crippen MR) is 143 cm³/mol. The summed E-state index contributed by atoms with van der Waals surface area (Å²) < 4.78 is 45.0. The van der Waals surface area contributed by atoms with Gasteiger partial charge in [0.2, 0.25) is 11.5 Å². The number of alkyl halides is 3. The molecule has 0 unspecified atom stereocenters. The first-order valence-corrected chi connectivity index (χ1v) is 13.4. The summed E-state index contributed by atoms with van der Waals surface area (Å²) in [7, 11) is 1.40. The van der Waals surface area contributed by atoms with E-state index in [4.69, 9.17) is 21.6 Å². The molecule has 1 aromatic carbocycles. The fraction of sp³-hybridized carbons (Fsp3) is 0.500. The van der Waals surface area contributed by atoms with E-state index < -0.39 is 23.9 Å². The number of halogens is 4. The molecule has 4 rings (SSSR count). The van der Waals surface area contributed by atoms with Crippen LogP contribution in [-0.2, 0) is 9.53 Å². The number of likely N-dealkylation sites (tertiary alicyclic amines) is 1. The van der Waals surface area contributed by atoms with Crippen LogP contribution in [0.2, 0.25) is 5.02 Å². The number of nitriles is 1. The van der Waals surface area contributed by atoms with E-state index in [2.05, 4.69) is 9.88 Å². The fourth-order valence-corrected chi connectivity index (χ4v) is 5.26. The summed E-state index contributed by atoms with van der Waals surface area (Å²) in [6, 6.07) is 12.0. The zero-order valence-electron chi connectivity index (χ0n) is 22.5. The van der Waals surface area contributed by atoms with Gasteiger partial charge in [-0.3, -0.25) is 4.79 Å². The van der Waals surface area contributed by atoms with E-state index >= 15 is 0 Å². The van der Waals surface area contributed by atoms with Crippen LogP contribution in [0.4, 0.5) is 23.8 Å². The number of carbonyl (C=O) groups excluding carboxylic acids is 2. The van der Waals surface area contributed by atoms with Gasteiger partial charge in [0.05, 0.1) is 11.6 Å². The molecule has 0 saturated carbocycles. The first kappa shape index (κ1) is 29.5. The van der Waals surface area contributed by atoms with Gasteiger partial charge in [-0.1, -0.05) is 23.7 Å². The zero-order chi connectivity index (χ0) is 29.2. The second-order valence-electron chi connectivity index (χ2n) is 10.7. The molecular formula is C28H31ClF3N5O3. The number of amides is 2. The Balaban J connectivity index is 1.47. The largest absolute Gasteiger partial charge is 0.434 e. The average molecular weight is 578 g/mol. The van der Waals surface area contributed by atoms with Crippen LogP contribution in [0.5, 0.6) is 0 Å². The molecule has 2 fully saturated rings. The number of pyridine rings is 1. The third-order valence-electron chi connectivity index (χ3n) is 7.75. The lowest BCUT2D eigenvalue weighted by Crippen LogP contribution is -2.49. The van der Waals surface area contributed by atoms with E-state index in [9.17, 15) is 22.8 Å². The van der Waals surface area contributed by atoms with Gasteiger partial charge in [0.15, 0.2) is 0 Å². The van der Waals surface area contributed by atoms with Crippen molar-refractivity contribution in [2.24, 2.45) is 5.92 Å². The number of ether oxygens (including phenoxy) is 1. The molecular weight excluding hydrogens is 547 g/mol. The first-order valence-electron chi connectivity index (χ1n) is 13.0. The van der Waals surface area contributed by atoms with E-state index in [1.165, 1.54) is 18.1 Å². The maximum absolute atomic E-state index is 13.6. The Morgan fingerprint density at radius 1 is 1.10 bits per heavy atom. The Hall–Kier alpha value is -3.52. The zero-order valence-corrected chi connectivity index (χ0v) is 23.2. The number of rotatable bonds is 5. The second-order valence-corrected chi connectivity index (χ2v) is 11.2. The van der Waals surface area contributed by atoms with Crippen molar-refractivity contribution in [2.75, 3.05) is 38.1 Å². The van der Waals surface area contributed by atoms with Gasteiger partial charge < -0.3 is 19.4 Å². The quantitative estimate of drug-likeness (QED) is 0.484. The van der Waals surface area contributed by atoms with Crippen molar-refractivity contribution < 1.29 is 27.5 Å². The lowest BCUT2D eigenvalue weighted by molar-refractivity contribution is -0.246. The van der Waals surface area contributed by atoms with Crippen molar-refractivity contribution in [3.63, 3.8) is 0 Å². The minimum Gasteiger partial charge on any atom is -0.434 e. The molecule has 0 N–H and O–H groups in total. The highest BCUT2D eigenvalue weighted by molar-refractivity contribution is 6.30. The lowest BCUT2D eigenvalue weighted by Gasteiger charge is -2.34. The van der Waals surface area contributed by atoms with Crippen molar-refractivity contribution in [1.29, 1.82) is 5.26 Å². The fourth-order valence-electron chi connectivity index (χ4n) is 5.13. The molecule has 8 nitrogen and oxygen atoms in total. The maximum Gasteiger partial charge on any atom is 0.427 e. The predicted octanol–water partition coefficient (Wildman–Crippen LogP) is 5.23. The molecule has 0 radical (unpaired) electrons. The maximum atomic E-state index is 13.6. The van der Waals surface area contributed by atoms with Crippen LogP contribution in [-0.4, -0.2) is 77.8 Å². The first-order chi connectivity index (χ1) is 18.8. The van der Waals surface area contributed by atoms with Crippen molar-refractivity contribution in [3.05, 3.63) is 58.7 Å². The van der Waals surface area contributed by atoms with Crippen LogP contribution in [0.25, 0.3) is 0 Å². The van der Waals surface area contributed by atoms with Gasteiger partial charge in [0.25, 0.3) is 0 Å². The highest BCUT2D eigenvalue weighted by Gasteiger charge is 2.52. The molecule has 1 aromatic heterocycles. The summed E-state index contributed by atoms with van der Waals surface area (Å²) in [5, 5.41) is 9.50. The minimum absolute atomic E-state index is 0.0497. The summed E-state index contributed by atoms with van der Waals surface area (Å²) in [4.78, 5) is 35.7. The topological polar surface area (TPSA) is 89.8 Å². The SMILES string of the molecule is CN(C(=O)OC(C)(C)C(F)(F)F)[C@@H]1CN(C(=O)C2CCN(c3ccc(C#N)cn3)CC2)C[C@H]1c1ccc(Cl)cc1. The molecule has 12 heteroatoms. The van der Waals surface area contributed by atoms with Crippen LogP contribution >= 0.6 is 11.6 Å². The van der Waals surface area contributed by atoms with Crippen molar-refractivity contribution in [2.45, 2.75) is 50.4 Å². The average Bonchev–Trinajstić information content (AvgIpc) is 3.37. The highest BCUT2D eigenvalue weighted by Crippen LogP contribution is 2.37. The molecule has 2 saturated heterocycles. The van der Waals surface area contributed by atoms with Gasteiger partial charge in [0, 0.05) is 56.3 Å². The molecule has 40 heavy (non-hydrogen) atoms. The van der Waals surface area contributed by atoms with Crippen LogP contribution in [0.15, 0.2) is 42.6 Å². The number of carbonyl (C=O) groups is 2. The number of likely N-dealkylation sites (N-methyl/N-ethyl adjacent to an activating group) is 1. The van der Waals surface area contributed by atoms with Crippen LogP contribution in [0.1, 0.15) is 43.7 Å². The Morgan fingerprint density at radius 2 is 1.75 bits per heavy atom. The number of piperidine rings is 1. The number of hydrogen-bond acceptors (Lipinski definition) is 6. The lowest BCUT2D eigenvalue weighted by atomic mass is 9.93. The third kappa shape index (κ3) is 6.28. The number of anilines is 1. The summed E-state index contributed by atoms with van der Waals surface area (Å²) in [6.07, 6.45) is -3.12.